The fraction of sp³-hybridized carbons (Fsp3) is 0.565. The first kappa shape index (κ1) is 27.9. The third kappa shape index (κ3) is 9.09. The Morgan fingerprint density at radius 1 is 0.788 bits per heavy atom. The molecule has 0 aliphatic rings. The zero-order valence-corrected chi connectivity index (χ0v) is 20.1. The van der Waals surface area contributed by atoms with Crippen molar-refractivity contribution in [1.29, 1.82) is 0 Å². The van der Waals surface area contributed by atoms with Gasteiger partial charge in [0.1, 0.15) is 18.2 Å². The van der Waals surface area contributed by atoms with Crippen molar-refractivity contribution < 1.29 is 42.9 Å². The summed E-state index contributed by atoms with van der Waals surface area (Å²) >= 11 is 0. The first-order valence-electron chi connectivity index (χ1n) is 10.6. The van der Waals surface area contributed by atoms with Crippen molar-refractivity contribution in [3.05, 3.63) is 23.8 Å². The third-order valence-electron chi connectivity index (χ3n) is 4.54. The molecule has 0 saturated heterocycles. The summed E-state index contributed by atoms with van der Waals surface area (Å²) in [5.74, 6) is -2.35. The molecule has 0 amide bonds. The van der Waals surface area contributed by atoms with E-state index in [9.17, 15) is 19.2 Å². The Balaban J connectivity index is 2.94. The molecule has 0 heterocycles. The Morgan fingerprint density at radius 2 is 1.30 bits per heavy atom. The topological polar surface area (TPSA) is 140 Å². The van der Waals surface area contributed by atoms with Crippen LogP contribution in [-0.4, -0.2) is 49.4 Å². The van der Waals surface area contributed by atoms with Gasteiger partial charge >= 0.3 is 24.1 Å². The van der Waals surface area contributed by atoms with E-state index < -0.39 is 48.2 Å². The quantitative estimate of drug-likeness (QED) is 0.403. The zero-order valence-electron chi connectivity index (χ0n) is 20.1. The summed E-state index contributed by atoms with van der Waals surface area (Å²) in [6, 6.07) is 3.53. The Morgan fingerprint density at radius 3 is 1.82 bits per heavy atom. The average Bonchev–Trinajstić information content (AvgIpc) is 2.74. The molecule has 0 aromatic heterocycles. The van der Waals surface area contributed by atoms with Gasteiger partial charge in [-0.2, -0.15) is 0 Å². The average molecular weight is 468 g/mol. The molecule has 3 atom stereocenters. The van der Waals surface area contributed by atoms with Crippen LogP contribution in [-0.2, 0) is 35.0 Å². The number of hydrogen-bond acceptors (Lipinski definition) is 10. The lowest BCUT2D eigenvalue weighted by atomic mass is 10.1. The number of rotatable bonds is 10. The van der Waals surface area contributed by atoms with Gasteiger partial charge in [-0.1, -0.05) is 33.8 Å². The van der Waals surface area contributed by atoms with E-state index in [-0.39, 0.29) is 23.8 Å². The molecule has 0 spiro atoms. The highest BCUT2D eigenvalue weighted by Gasteiger charge is 2.25. The summed E-state index contributed by atoms with van der Waals surface area (Å²) in [5.41, 5.74) is 6.54. The van der Waals surface area contributed by atoms with Crippen molar-refractivity contribution in [2.24, 2.45) is 17.6 Å². The number of carbonyl (C=O) groups is 4. The molecular formula is C23H33NO9. The van der Waals surface area contributed by atoms with E-state index >= 15 is 0 Å². The molecule has 0 aliphatic heterocycles. The maximum Gasteiger partial charge on any atom is 0.508 e. The van der Waals surface area contributed by atoms with Gasteiger partial charge in [-0.25, -0.2) is 4.79 Å². The second-order valence-corrected chi connectivity index (χ2v) is 8.16. The molecule has 0 fully saturated rings. The number of esters is 3. The third-order valence-corrected chi connectivity index (χ3v) is 4.54. The van der Waals surface area contributed by atoms with Gasteiger partial charge in [-0.05, 0) is 38.0 Å². The second kappa shape index (κ2) is 12.8. The van der Waals surface area contributed by atoms with Gasteiger partial charge in [-0.15, -0.1) is 0 Å². The highest BCUT2D eigenvalue weighted by atomic mass is 16.7. The predicted molar refractivity (Wildman–Crippen MR) is 118 cm³/mol. The van der Waals surface area contributed by atoms with E-state index in [1.807, 2.05) is 0 Å². The highest BCUT2D eigenvalue weighted by molar-refractivity contribution is 5.78. The molecule has 33 heavy (non-hydrogen) atoms. The molecule has 0 radical (unpaired) electrons. The van der Waals surface area contributed by atoms with Gasteiger partial charge < -0.3 is 29.4 Å². The molecule has 0 unspecified atom stereocenters. The molecule has 184 valence electrons. The van der Waals surface area contributed by atoms with Crippen LogP contribution >= 0.6 is 0 Å². The van der Waals surface area contributed by atoms with Crippen LogP contribution in [0.2, 0.25) is 0 Å². The summed E-state index contributed by atoms with van der Waals surface area (Å²) in [6.07, 6.45) is -2.34. The molecule has 0 saturated carbocycles. The second-order valence-electron chi connectivity index (χ2n) is 8.16. The summed E-state index contributed by atoms with van der Waals surface area (Å²) in [5, 5.41) is 0. The fourth-order valence-corrected chi connectivity index (χ4v) is 2.30. The molecule has 0 bridgehead atoms. The Hall–Kier alpha value is -3.14. The fourth-order valence-electron chi connectivity index (χ4n) is 2.30. The van der Waals surface area contributed by atoms with E-state index in [0.717, 1.165) is 0 Å². The largest absolute Gasteiger partial charge is 0.508 e. The van der Waals surface area contributed by atoms with Gasteiger partial charge in [0.05, 0.1) is 18.9 Å². The minimum absolute atomic E-state index is 0.0502. The number of benzene rings is 1. The minimum Gasteiger partial charge on any atom is -0.458 e. The smallest absolute Gasteiger partial charge is 0.458 e. The molecule has 10 nitrogen and oxygen atoms in total. The van der Waals surface area contributed by atoms with E-state index in [4.69, 9.17) is 24.7 Å². The Kier molecular flexibility index (Phi) is 10.8. The maximum atomic E-state index is 12.4. The Bertz CT molecular complexity index is 850. The van der Waals surface area contributed by atoms with E-state index in [1.165, 1.54) is 19.2 Å². The van der Waals surface area contributed by atoms with Gasteiger partial charge in [0.15, 0.2) is 11.5 Å². The van der Waals surface area contributed by atoms with Crippen molar-refractivity contribution in [2.75, 3.05) is 7.11 Å². The minimum atomic E-state index is -1.05. The van der Waals surface area contributed by atoms with E-state index in [0.29, 0.717) is 5.56 Å². The summed E-state index contributed by atoms with van der Waals surface area (Å²) in [7, 11) is 1.17. The molecule has 10 heteroatoms. The van der Waals surface area contributed by atoms with Crippen LogP contribution < -0.4 is 15.2 Å². The van der Waals surface area contributed by atoms with Crippen molar-refractivity contribution >= 4 is 24.1 Å². The monoisotopic (exact) mass is 467 g/mol. The standard InChI is InChI=1S/C23H33NO9/c1-12(2)20(25)32-18-9-8-16(11-19(18)33-21(26)13(3)4)10-17(24)22(27)30-14(5)15(6)31-23(28)29-7/h8-9,11-15,17H,10,24H2,1-7H3/t14-,15-,17-/m0/s1. The molecule has 1 aromatic carbocycles. The SMILES string of the molecule is COC(=O)O[C@@H](C)[C@H](C)OC(=O)[C@@H](N)Cc1ccc(OC(=O)C(C)C)c(OC(=O)C(C)C)c1. The van der Waals surface area contributed by atoms with Crippen LogP contribution in [0.4, 0.5) is 4.79 Å². The maximum absolute atomic E-state index is 12.4. The Labute approximate surface area is 193 Å². The van der Waals surface area contributed by atoms with Gasteiger partial charge in [0.2, 0.25) is 0 Å². The van der Waals surface area contributed by atoms with Crippen LogP contribution in [0.25, 0.3) is 0 Å². The van der Waals surface area contributed by atoms with Crippen LogP contribution in [0.3, 0.4) is 0 Å². The molecule has 1 rings (SSSR count). The van der Waals surface area contributed by atoms with Crippen LogP contribution in [0.5, 0.6) is 11.5 Å². The molecule has 0 aliphatic carbocycles. The number of methoxy groups -OCH3 is 1. The normalized spacial score (nSPS) is 13.6. The van der Waals surface area contributed by atoms with Crippen molar-refractivity contribution in [3.63, 3.8) is 0 Å². The lowest BCUT2D eigenvalue weighted by Gasteiger charge is -2.22. The molecular weight excluding hydrogens is 434 g/mol. The zero-order chi connectivity index (χ0) is 25.3. The number of ether oxygens (including phenoxy) is 5. The van der Waals surface area contributed by atoms with E-state index in [1.54, 1.807) is 47.6 Å². The lowest BCUT2D eigenvalue weighted by Crippen LogP contribution is -2.39. The molecule has 1 aromatic rings. The van der Waals surface area contributed by atoms with Crippen LogP contribution in [0, 0.1) is 11.8 Å². The van der Waals surface area contributed by atoms with Crippen molar-refractivity contribution in [1.82, 2.24) is 0 Å². The summed E-state index contributed by atoms with van der Waals surface area (Å²) < 4.78 is 25.3. The summed E-state index contributed by atoms with van der Waals surface area (Å²) in [4.78, 5) is 47.7. The summed E-state index contributed by atoms with van der Waals surface area (Å²) in [6.45, 7) is 9.80. The van der Waals surface area contributed by atoms with Crippen LogP contribution in [0.15, 0.2) is 18.2 Å². The first-order chi connectivity index (χ1) is 15.3. The van der Waals surface area contributed by atoms with Gasteiger partial charge in [0, 0.05) is 0 Å². The highest BCUT2D eigenvalue weighted by Crippen LogP contribution is 2.30. The van der Waals surface area contributed by atoms with Crippen LogP contribution in [0.1, 0.15) is 47.1 Å². The van der Waals surface area contributed by atoms with Gasteiger partial charge in [-0.3, -0.25) is 14.4 Å². The first-order valence-corrected chi connectivity index (χ1v) is 10.6. The number of nitrogens with two attached hydrogens (primary N) is 1. The van der Waals surface area contributed by atoms with Crippen molar-refractivity contribution in [2.45, 2.75) is 66.2 Å². The van der Waals surface area contributed by atoms with Crippen molar-refractivity contribution in [3.8, 4) is 11.5 Å². The molecule has 2 N–H and O–H groups in total. The lowest BCUT2D eigenvalue weighted by molar-refractivity contribution is -0.155. The number of carbonyl (C=O) groups excluding carboxylic acids is 4. The van der Waals surface area contributed by atoms with E-state index in [2.05, 4.69) is 4.74 Å². The number of hydrogen-bond donors (Lipinski definition) is 1. The van der Waals surface area contributed by atoms with Gasteiger partial charge in [0.25, 0.3) is 0 Å². The predicted octanol–water partition coefficient (Wildman–Crippen LogP) is 2.78.